The summed E-state index contributed by atoms with van der Waals surface area (Å²) < 4.78 is 1.47. The molecule has 0 aliphatic rings. The number of anilines is 1. The predicted octanol–water partition coefficient (Wildman–Crippen LogP) is 1.44. The molecule has 5 nitrogen and oxygen atoms in total. The molecule has 3 aromatic rings. The maximum absolute atomic E-state index is 12.6. The molecule has 2 aromatic carbocycles. The Morgan fingerprint density at radius 3 is 2.61 bits per heavy atom. The monoisotopic (exact) mass is 307 g/mol. The summed E-state index contributed by atoms with van der Waals surface area (Å²) in [6, 6.07) is 14.4. The van der Waals surface area contributed by atoms with Gasteiger partial charge in [0.25, 0.3) is 5.56 Å². The zero-order chi connectivity index (χ0) is 16.4. The van der Waals surface area contributed by atoms with Crippen LogP contribution in [-0.4, -0.2) is 14.9 Å². The first-order chi connectivity index (χ1) is 11.1. The highest BCUT2D eigenvalue weighted by molar-refractivity contribution is 5.62. The molecule has 0 spiro atoms. The SMILES string of the molecule is C=c1[nH]n(-c2ccccc2C)c(=O)c1=CNc1ccccc1O. The number of phenols is 1. The Morgan fingerprint density at radius 1 is 1.17 bits per heavy atom. The van der Waals surface area contributed by atoms with Gasteiger partial charge in [-0.15, -0.1) is 0 Å². The third-order valence-corrected chi connectivity index (χ3v) is 3.64. The second kappa shape index (κ2) is 5.88. The van der Waals surface area contributed by atoms with Crippen molar-refractivity contribution in [3.63, 3.8) is 0 Å². The van der Waals surface area contributed by atoms with Crippen molar-refractivity contribution in [2.24, 2.45) is 0 Å². The van der Waals surface area contributed by atoms with E-state index >= 15 is 0 Å². The Kier molecular flexibility index (Phi) is 3.76. The van der Waals surface area contributed by atoms with Gasteiger partial charge in [-0.2, -0.15) is 0 Å². The van der Waals surface area contributed by atoms with Gasteiger partial charge >= 0.3 is 0 Å². The van der Waals surface area contributed by atoms with Gasteiger partial charge in [0.05, 0.1) is 21.9 Å². The molecule has 0 aliphatic carbocycles. The average molecular weight is 307 g/mol. The van der Waals surface area contributed by atoms with E-state index in [1.54, 1.807) is 30.5 Å². The summed E-state index contributed by atoms with van der Waals surface area (Å²) in [5.74, 6) is 0.115. The van der Waals surface area contributed by atoms with Gasteiger partial charge in [0.1, 0.15) is 5.75 Å². The molecule has 0 saturated carbocycles. The minimum absolute atomic E-state index is 0.115. The van der Waals surface area contributed by atoms with Crippen LogP contribution in [0.5, 0.6) is 5.75 Å². The van der Waals surface area contributed by atoms with Crippen molar-refractivity contribution in [1.29, 1.82) is 0 Å². The number of benzene rings is 2. The molecule has 3 rings (SSSR count). The summed E-state index contributed by atoms with van der Waals surface area (Å²) in [6.07, 6.45) is 1.55. The molecule has 0 aliphatic heterocycles. The molecule has 23 heavy (non-hydrogen) atoms. The van der Waals surface area contributed by atoms with E-state index in [0.717, 1.165) is 11.3 Å². The van der Waals surface area contributed by atoms with E-state index in [-0.39, 0.29) is 11.3 Å². The van der Waals surface area contributed by atoms with Crippen molar-refractivity contribution in [3.8, 4) is 11.4 Å². The molecule has 0 saturated heterocycles. The minimum atomic E-state index is -0.202. The zero-order valence-corrected chi connectivity index (χ0v) is 12.7. The Bertz CT molecular complexity index is 1020. The summed E-state index contributed by atoms with van der Waals surface area (Å²) in [5, 5.41) is 16.6. The average Bonchev–Trinajstić information content (AvgIpc) is 2.82. The zero-order valence-electron chi connectivity index (χ0n) is 12.7. The molecule has 1 aromatic heterocycles. The number of para-hydroxylation sites is 3. The number of hydrogen-bond donors (Lipinski definition) is 3. The molecule has 5 heteroatoms. The number of hydrogen-bond acceptors (Lipinski definition) is 3. The van der Waals surface area contributed by atoms with Gasteiger partial charge in [-0.1, -0.05) is 36.9 Å². The van der Waals surface area contributed by atoms with Gasteiger partial charge in [0.15, 0.2) is 0 Å². The van der Waals surface area contributed by atoms with E-state index in [2.05, 4.69) is 17.0 Å². The summed E-state index contributed by atoms with van der Waals surface area (Å²) in [5.41, 5.74) is 2.09. The van der Waals surface area contributed by atoms with Gasteiger partial charge < -0.3 is 10.4 Å². The third kappa shape index (κ3) is 2.76. The van der Waals surface area contributed by atoms with Crippen molar-refractivity contribution in [2.75, 3.05) is 5.32 Å². The van der Waals surface area contributed by atoms with E-state index in [9.17, 15) is 9.90 Å². The first-order valence-electron chi connectivity index (χ1n) is 7.18. The van der Waals surface area contributed by atoms with Crippen LogP contribution in [-0.2, 0) is 0 Å². The van der Waals surface area contributed by atoms with E-state index in [4.69, 9.17) is 0 Å². The third-order valence-electron chi connectivity index (χ3n) is 3.64. The second-order valence-electron chi connectivity index (χ2n) is 5.24. The van der Waals surface area contributed by atoms with Crippen LogP contribution in [0.4, 0.5) is 5.69 Å². The van der Waals surface area contributed by atoms with E-state index in [1.807, 2.05) is 31.2 Å². The number of H-pyrrole nitrogens is 1. The molecule has 0 amide bonds. The van der Waals surface area contributed by atoms with Crippen LogP contribution >= 0.6 is 0 Å². The first kappa shape index (κ1) is 14.7. The van der Waals surface area contributed by atoms with Gasteiger partial charge in [-0.05, 0) is 30.7 Å². The van der Waals surface area contributed by atoms with Crippen molar-refractivity contribution in [1.82, 2.24) is 9.78 Å². The molecule has 3 N–H and O–H groups in total. The molecule has 0 bridgehead atoms. The van der Waals surface area contributed by atoms with Crippen LogP contribution in [0.25, 0.3) is 18.5 Å². The highest BCUT2D eigenvalue weighted by Gasteiger charge is 2.06. The summed E-state index contributed by atoms with van der Waals surface area (Å²) in [7, 11) is 0. The maximum Gasteiger partial charge on any atom is 0.280 e. The van der Waals surface area contributed by atoms with Crippen molar-refractivity contribution >= 4 is 18.5 Å². The molecule has 1 heterocycles. The van der Waals surface area contributed by atoms with Gasteiger partial charge in [-0.25, -0.2) is 4.68 Å². The number of aryl methyl sites for hydroxylation is 1. The lowest BCUT2D eigenvalue weighted by Crippen LogP contribution is -2.34. The van der Waals surface area contributed by atoms with E-state index < -0.39 is 0 Å². The lowest BCUT2D eigenvalue weighted by atomic mass is 10.2. The number of nitrogens with zero attached hydrogens (tertiary/aromatic N) is 1. The fourth-order valence-corrected chi connectivity index (χ4v) is 2.37. The second-order valence-corrected chi connectivity index (χ2v) is 5.24. The molecule has 0 radical (unpaired) electrons. The normalized spacial score (nSPS) is 11.6. The topological polar surface area (TPSA) is 70.0 Å². The maximum atomic E-state index is 12.6. The smallest absolute Gasteiger partial charge is 0.280 e. The van der Waals surface area contributed by atoms with Crippen LogP contribution in [0.1, 0.15) is 5.56 Å². The molecule has 0 unspecified atom stereocenters. The standard InChI is InChI=1S/C18H17N3O2/c1-12-7-3-5-9-16(12)21-18(23)14(13(2)20-21)11-19-15-8-4-6-10-17(15)22/h3-11,19-20,22H,2H2,1H3. The number of nitrogens with one attached hydrogen (secondary N) is 2. The van der Waals surface area contributed by atoms with Crippen LogP contribution in [0.2, 0.25) is 0 Å². The highest BCUT2D eigenvalue weighted by Crippen LogP contribution is 2.21. The molecular weight excluding hydrogens is 290 g/mol. The Labute approximate surface area is 132 Å². The van der Waals surface area contributed by atoms with E-state index in [1.165, 1.54) is 4.68 Å². The Morgan fingerprint density at radius 2 is 1.87 bits per heavy atom. The predicted molar refractivity (Wildman–Crippen MR) is 92.1 cm³/mol. The van der Waals surface area contributed by atoms with Gasteiger partial charge in [0, 0.05) is 6.20 Å². The Balaban J connectivity index is 2.08. The van der Waals surface area contributed by atoms with E-state index in [0.29, 0.717) is 16.3 Å². The molecule has 116 valence electrons. The lowest BCUT2D eigenvalue weighted by molar-refractivity contribution is 0.478. The molecular formula is C18H17N3O2. The summed E-state index contributed by atoms with van der Waals surface area (Å²) >= 11 is 0. The fourth-order valence-electron chi connectivity index (χ4n) is 2.37. The van der Waals surface area contributed by atoms with Crippen molar-refractivity contribution in [2.45, 2.75) is 6.92 Å². The number of rotatable bonds is 3. The van der Waals surface area contributed by atoms with Crippen LogP contribution < -0.4 is 21.4 Å². The summed E-state index contributed by atoms with van der Waals surface area (Å²) in [6.45, 7) is 5.82. The first-order valence-corrected chi connectivity index (χ1v) is 7.18. The van der Waals surface area contributed by atoms with Crippen molar-refractivity contribution < 1.29 is 5.11 Å². The van der Waals surface area contributed by atoms with Crippen molar-refractivity contribution in [3.05, 3.63) is 75.0 Å². The van der Waals surface area contributed by atoms with Crippen LogP contribution in [0.3, 0.4) is 0 Å². The quantitative estimate of drug-likeness (QED) is 0.641. The van der Waals surface area contributed by atoms with Gasteiger partial charge in [-0.3, -0.25) is 9.89 Å². The van der Waals surface area contributed by atoms with Crippen LogP contribution in [0.15, 0.2) is 53.3 Å². The summed E-state index contributed by atoms with van der Waals surface area (Å²) in [4.78, 5) is 12.6. The Hall–Kier alpha value is -3.21. The largest absolute Gasteiger partial charge is 0.506 e. The fraction of sp³-hybridized carbons (Fsp3) is 0.0556. The molecule has 0 atom stereocenters. The molecule has 0 fully saturated rings. The number of aromatic hydroxyl groups is 1. The number of phenolic OH excluding ortho intramolecular Hbond substituents is 1. The highest BCUT2D eigenvalue weighted by atomic mass is 16.3. The number of aromatic nitrogens is 2. The minimum Gasteiger partial charge on any atom is -0.506 e. The number of aromatic amines is 1. The van der Waals surface area contributed by atoms with Gasteiger partial charge in [0.2, 0.25) is 0 Å². The van der Waals surface area contributed by atoms with Crippen LogP contribution in [0, 0.1) is 6.92 Å². The lowest BCUT2D eigenvalue weighted by Gasteiger charge is -2.04.